The fourth-order valence-electron chi connectivity index (χ4n) is 2.00. The first-order valence-electron chi connectivity index (χ1n) is 6.87. The number of benzene rings is 2. The normalized spacial score (nSPS) is 11.9. The molecule has 0 aliphatic carbocycles. The summed E-state index contributed by atoms with van der Waals surface area (Å²) < 4.78 is 65.9. The summed E-state index contributed by atoms with van der Waals surface area (Å²) in [6, 6.07) is 6.00. The molecule has 0 spiro atoms. The summed E-state index contributed by atoms with van der Waals surface area (Å²) >= 11 is 11.5. The molecule has 5 nitrogen and oxygen atoms in total. The van der Waals surface area contributed by atoms with Gasteiger partial charge in [-0.2, -0.15) is 13.2 Å². The van der Waals surface area contributed by atoms with Gasteiger partial charge in [0.25, 0.3) is 10.0 Å². The lowest BCUT2D eigenvalue weighted by atomic mass is 10.2. The minimum absolute atomic E-state index is 0.0878. The van der Waals surface area contributed by atoms with Crippen LogP contribution in [0.1, 0.15) is 12.5 Å². The number of rotatable bonds is 4. The molecule has 2 aromatic rings. The maximum Gasteiger partial charge on any atom is 0.418 e. The van der Waals surface area contributed by atoms with Gasteiger partial charge in [-0.15, -0.1) is 0 Å². The first kappa shape index (κ1) is 20.3. The summed E-state index contributed by atoms with van der Waals surface area (Å²) in [6.07, 6.45) is -4.81. The van der Waals surface area contributed by atoms with E-state index in [-0.39, 0.29) is 20.6 Å². The fourth-order valence-corrected chi connectivity index (χ4v) is 3.57. The van der Waals surface area contributed by atoms with E-state index in [0.29, 0.717) is 6.07 Å². The zero-order valence-electron chi connectivity index (χ0n) is 13.0. The Morgan fingerprint density at radius 3 is 2.19 bits per heavy atom. The molecule has 0 aliphatic rings. The molecule has 0 saturated carbocycles. The Morgan fingerprint density at radius 1 is 1.04 bits per heavy atom. The van der Waals surface area contributed by atoms with E-state index in [1.807, 2.05) is 4.72 Å². The quantitative estimate of drug-likeness (QED) is 0.738. The van der Waals surface area contributed by atoms with Crippen molar-refractivity contribution in [2.45, 2.75) is 18.0 Å². The molecule has 0 atom stereocenters. The monoisotopic (exact) mass is 426 g/mol. The van der Waals surface area contributed by atoms with Crippen molar-refractivity contribution < 1.29 is 26.4 Å². The van der Waals surface area contributed by atoms with Gasteiger partial charge in [-0.3, -0.25) is 9.52 Å². The van der Waals surface area contributed by atoms with Gasteiger partial charge in [-0.1, -0.05) is 23.2 Å². The average Bonchev–Trinajstić information content (AvgIpc) is 2.49. The van der Waals surface area contributed by atoms with E-state index in [1.54, 1.807) is 0 Å². The maximum absolute atomic E-state index is 13.1. The minimum atomic E-state index is -4.81. The van der Waals surface area contributed by atoms with Gasteiger partial charge in [0.15, 0.2) is 0 Å². The second-order valence-electron chi connectivity index (χ2n) is 5.12. The van der Waals surface area contributed by atoms with Crippen molar-refractivity contribution >= 4 is 50.5 Å². The number of nitrogens with one attached hydrogen (secondary N) is 2. The Balaban J connectivity index is 2.41. The Labute approximate surface area is 157 Å². The van der Waals surface area contributed by atoms with Gasteiger partial charge in [0.05, 0.1) is 26.9 Å². The molecule has 0 fully saturated rings. The molecular formula is C15H11Cl2F3N2O3S. The Morgan fingerprint density at radius 2 is 1.65 bits per heavy atom. The van der Waals surface area contributed by atoms with Crippen LogP contribution in [0.2, 0.25) is 10.0 Å². The van der Waals surface area contributed by atoms with Crippen LogP contribution in [0, 0.1) is 0 Å². The Kier molecular flexibility index (Phi) is 5.74. The van der Waals surface area contributed by atoms with E-state index >= 15 is 0 Å². The zero-order valence-corrected chi connectivity index (χ0v) is 15.3. The van der Waals surface area contributed by atoms with Gasteiger partial charge in [0.1, 0.15) is 0 Å². The van der Waals surface area contributed by atoms with Gasteiger partial charge in [-0.05, 0) is 36.4 Å². The summed E-state index contributed by atoms with van der Waals surface area (Å²) in [6.45, 7) is 1.24. The highest BCUT2D eigenvalue weighted by atomic mass is 35.5. The highest BCUT2D eigenvalue weighted by Crippen LogP contribution is 2.37. The van der Waals surface area contributed by atoms with E-state index < -0.39 is 33.4 Å². The smallest absolute Gasteiger partial charge is 0.325 e. The Bertz CT molecular complexity index is 963. The molecule has 0 saturated heterocycles. The predicted octanol–water partition coefficient (Wildman–Crippen LogP) is 4.77. The van der Waals surface area contributed by atoms with Crippen LogP contribution >= 0.6 is 23.2 Å². The van der Waals surface area contributed by atoms with Gasteiger partial charge in [0.2, 0.25) is 5.91 Å². The van der Waals surface area contributed by atoms with Gasteiger partial charge in [0, 0.05) is 11.9 Å². The molecule has 2 rings (SSSR count). The van der Waals surface area contributed by atoms with E-state index in [9.17, 15) is 26.4 Å². The highest BCUT2D eigenvalue weighted by Gasteiger charge is 2.35. The third kappa shape index (κ3) is 4.80. The highest BCUT2D eigenvalue weighted by molar-refractivity contribution is 7.92. The SMILES string of the molecule is CC(=O)Nc1ccc(S(=O)(=O)Nc2ccc(Cl)cc2C(F)(F)F)cc1Cl. The molecule has 140 valence electrons. The molecule has 1 amide bonds. The summed E-state index contributed by atoms with van der Waals surface area (Å²) in [5.41, 5.74) is -1.74. The largest absolute Gasteiger partial charge is 0.418 e. The third-order valence-corrected chi connectivity index (χ3v) is 5.00. The number of anilines is 2. The number of sulfonamides is 1. The summed E-state index contributed by atoms with van der Waals surface area (Å²) in [4.78, 5) is 10.7. The van der Waals surface area contributed by atoms with Crippen molar-refractivity contribution in [2.24, 2.45) is 0 Å². The van der Waals surface area contributed by atoms with Gasteiger partial charge >= 0.3 is 6.18 Å². The lowest BCUT2D eigenvalue weighted by molar-refractivity contribution is -0.136. The second kappa shape index (κ2) is 7.34. The molecule has 0 aliphatic heterocycles. The molecule has 2 aromatic carbocycles. The number of alkyl halides is 3. The molecule has 2 N–H and O–H groups in total. The van der Waals surface area contributed by atoms with Crippen LogP contribution in [0.15, 0.2) is 41.3 Å². The van der Waals surface area contributed by atoms with Crippen molar-refractivity contribution in [3.05, 3.63) is 52.0 Å². The van der Waals surface area contributed by atoms with Crippen LogP contribution in [0.5, 0.6) is 0 Å². The van der Waals surface area contributed by atoms with Crippen LogP contribution in [0.25, 0.3) is 0 Å². The molecule has 0 unspecified atom stereocenters. The molecule has 0 radical (unpaired) electrons. The number of carbonyl (C=O) groups is 1. The lowest BCUT2D eigenvalue weighted by Gasteiger charge is -2.15. The van der Waals surface area contributed by atoms with E-state index in [1.165, 1.54) is 13.0 Å². The number of carbonyl (C=O) groups excluding carboxylic acids is 1. The van der Waals surface area contributed by atoms with Crippen molar-refractivity contribution in [1.29, 1.82) is 0 Å². The second-order valence-corrected chi connectivity index (χ2v) is 7.64. The predicted molar refractivity (Wildman–Crippen MR) is 93.0 cm³/mol. The van der Waals surface area contributed by atoms with Crippen molar-refractivity contribution in [1.82, 2.24) is 0 Å². The first-order valence-corrected chi connectivity index (χ1v) is 9.11. The number of halogens is 5. The van der Waals surface area contributed by atoms with Crippen LogP contribution in [0.3, 0.4) is 0 Å². The molecule has 0 bridgehead atoms. The van der Waals surface area contributed by atoms with Crippen LogP contribution in [0.4, 0.5) is 24.5 Å². The molecule has 26 heavy (non-hydrogen) atoms. The molecule has 11 heteroatoms. The summed E-state index contributed by atoms with van der Waals surface area (Å²) in [7, 11) is -4.37. The summed E-state index contributed by atoms with van der Waals surface area (Å²) in [5.74, 6) is -0.420. The maximum atomic E-state index is 13.1. The first-order chi connectivity index (χ1) is 11.9. The van der Waals surface area contributed by atoms with Crippen LogP contribution in [-0.4, -0.2) is 14.3 Å². The van der Waals surface area contributed by atoms with Crippen LogP contribution in [-0.2, 0) is 21.0 Å². The number of hydrogen-bond acceptors (Lipinski definition) is 3. The van der Waals surface area contributed by atoms with Crippen molar-refractivity contribution in [3.63, 3.8) is 0 Å². The van der Waals surface area contributed by atoms with Gasteiger partial charge < -0.3 is 5.32 Å². The topological polar surface area (TPSA) is 75.3 Å². The number of hydrogen-bond donors (Lipinski definition) is 2. The van der Waals surface area contributed by atoms with E-state index in [0.717, 1.165) is 24.3 Å². The van der Waals surface area contributed by atoms with E-state index in [2.05, 4.69) is 5.32 Å². The summed E-state index contributed by atoms with van der Waals surface area (Å²) in [5, 5.41) is 2.11. The molecular weight excluding hydrogens is 416 g/mol. The van der Waals surface area contributed by atoms with Crippen molar-refractivity contribution in [2.75, 3.05) is 10.0 Å². The fraction of sp³-hybridized carbons (Fsp3) is 0.133. The van der Waals surface area contributed by atoms with Gasteiger partial charge in [-0.25, -0.2) is 8.42 Å². The number of amides is 1. The van der Waals surface area contributed by atoms with Crippen molar-refractivity contribution in [3.8, 4) is 0 Å². The minimum Gasteiger partial charge on any atom is -0.325 e. The molecule has 0 aromatic heterocycles. The Hall–Kier alpha value is -1.97. The lowest BCUT2D eigenvalue weighted by Crippen LogP contribution is -2.17. The van der Waals surface area contributed by atoms with E-state index in [4.69, 9.17) is 23.2 Å². The zero-order chi connectivity index (χ0) is 19.7. The third-order valence-electron chi connectivity index (χ3n) is 3.09. The molecule has 0 heterocycles. The standard InChI is InChI=1S/C15H11Cl2F3N2O3S/c1-8(23)21-14-5-3-10(7-12(14)17)26(24,25)22-13-4-2-9(16)6-11(13)15(18,19)20/h2-7,22H,1H3,(H,21,23). The van der Waals surface area contributed by atoms with Crippen LogP contribution < -0.4 is 10.0 Å². The average molecular weight is 427 g/mol.